The third-order valence-electron chi connectivity index (χ3n) is 6.43. The molecule has 4 rings (SSSR count). The zero-order valence-corrected chi connectivity index (χ0v) is 22.9. The number of halogens is 1. The predicted octanol–water partition coefficient (Wildman–Crippen LogP) is -0.161. The van der Waals surface area contributed by atoms with Crippen LogP contribution in [-0.4, -0.2) is 75.1 Å². The normalized spacial score (nSPS) is 20.0. The summed E-state index contributed by atoms with van der Waals surface area (Å²) in [6, 6.07) is 10.1. The number of hydrogen-bond acceptors (Lipinski definition) is 8. The monoisotopic (exact) mass is 581 g/mol. The highest BCUT2D eigenvalue weighted by Gasteiger charge is 2.30. The first-order chi connectivity index (χ1) is 20.2. The van der Waals surface area contributed by atoms with Gasteiger partial charge in [-0.05, 0) is 30.7 Å². The molecule has 0 saturated carbocycles. The minimum Gasteiger partial charge on any atom is -0.491 e. The van der Waals surface area contributed by atoms with E-state index in [-0.39, 0.29) is 50.4 Å². The van der Waals surface area contributed by atoms with Crippen LogP contribution < -0.4 is 26.0 Å². The molecule has 0 unspecified atom stereocenters. The first-order valence-corrected chi connectivity index (χ1v) is 13.4. The standard InChI is InChI=1S/C28H32FN7O6/c1-17(37)25-28(41)32-22(13-18-5-3-2-4-6-18)27(40)31-15-20-16-36(35-34-20)11-12-42-23-8-7-19(29)14-21(23)26(39)30-10-9-24(38)33-25/h2-8,14,16-17,22,25,37H,9-13,15H2,1H3,(H,30,39)(H,31,40)(H,32,41)(H,33,38)/t17-,22-,25+/m1/s1. The molecule has 2 bridgehead atoms. The summed E-state index contributed by atoms with van der Waals surface area (Å²) in [7, 11) is 0. The lowest BCUT2D eigenvalue weighted by Gasteiger charge is -2.25. The zero-order chi connectivity index (χ0) is 30.1. The molecule has 4 amide bonds. The number of fused-ring (bicyclic) bond motifs is 3. The number of carbonyl (C=O) groups excluding carboxylic acids is 4. The van der Waals surface area contributed by atoms with Gasteiger partial charge in [0, 0.05) is 19.4 Å². The maximum absolute atomic E-state index is 13.9. The van der Waals surface area contributed by atoms with Gasteiger partial charge in [-0.3, -0.25) is 19.2 Å². The molecule has 0 spiro atoms. The molecule has 222 valence electrons. The van der Waals surface area contributed by atoms with Gasteiger partial charge in [-0.2, -0.15) is 0 Å². The molecule has 42 heavy (non-hydrogen) atoms. The fraction of sp³-hybridized carbons (Fsp3) is 0.357. The van der Waals surface area contributed by atoms with E-state index in [9.17, 15) is 28.7 Å². The van der Waals surface area contributed by atoms with E-state index in [1.54, 1.807) is 18.3 Å². The average molecular weight is 582 g/mol. The smallest absolute Gasteiger partial charge is 0.255 e. The number of aromatic nitrogens is 3. The second-order valence-corrected chi connectivity index (χ2v) is 9.72. The number of benzene rings is 2. The first kappa shape index (κ1) is 30.1. The highest BCUT2D eigenvalue weighted by molar-refractivity contribution is 5.97. The fourth-order valence-electron chi connectivity index (χ4n) is 4.24. The van der Waals surface area contributed by atoms with Crippen molar-refractivity contribution in [1.82, 2.24) is 36.3 Å². The van der Waals surface area contributed by atoms with Crippen LogP contribution in [0.2, 0.25) is 0 Å². The van der Waals surface area contributed by atoms with E-state index in [4.69, 9.17) is 4.74 Å². The van der Waals surface area contributed by atoms with Crippen molar-refractivity contribution in [2.75, 3.05) is 13.2 Å². The Morgan fingerprint density at radius 3 is 2.62 bits per heavy atom. The van der Waals surface area contributed by atoms with Gasteiger partial charge in [0.25, 0.3) is 5.91 Å². The van der Waals surface area contributed by atoms with Crippen molar-refractivity contribution >= 4 is 23.6 Å². The van der Waals surface area contributed by atoms with Crippen LogP contribution in [0.25, 0.3) is 0 Å². The summed E-state index contributed by atoms with van der Waals surface area (Å²) >= 11 is 0. The van der Waals surface area contributed by atoms with Gasteiger partial charge >= 0.3 is 0 Å². The molecule has 1 aromatic heterocycles. The second-order valence-electron chi connectivity index (χ2n) is 9.72. The molecule has 3 atom stereocenters. The molecule has 2 heterocycles. The Kier molecular flexibility index (Phi) is 10.2. The molecule has 0 radical (unpaired) electrons. The average Bonchev–Trinajstić information content (AvgIpc) is 3.42. The summed E-state index contributed by atoms with van der Waals surface area (Å²) in [5.74, 6) is -3.08. The maximum atomic E-state index is 13.9. The van der Waals surface area contributed by atoms with E-state index in [0.29, 0.717) is 5.69 Å². The highest BCUT2D eigenvalue weighted by Crippen LogP contribution is 2.20. The minimum atomic E-state index is -1.38. The van der Waals surface area contributed by atoms with Crippen LogP contribution in [0.4, 0.5) is 4.39 Å². The Bertz CT molecular complexity index is 1410. The summed E-state index contributed by atoms with van der Waals surface area (Å²) in [6.07, 6.45) is 0.216. The summed E-state index contributed by atoms with van der Waals surface area (Å²) in [4.78, 5) is 51.8. The number of rotatable bonds is 3. The van der Waals surface area contributed by atoms with Gasteiger partial charge in [-0.25, -0.2) is 9.07 Å². The highest BCUT2D eigenvalue weighted by atomic mass is 19.1. The van der Waals surface area contributed by atoms with E-state index >= 15 is 0 Å². The molecule has 1 aliphatic rings. The van der Waals surface area contributed by atoms with Crippen molar-refractivity contribution in [1.29, 1.82) is 0 Å². The number of aliphatic hydroxyl groups is 1. The van der Waals surface area contributed by atoms with Crippen molar-refractivity contribution in [2.45, 2.75) is 51.0 Å². The summed E-state index contributed by atoms with van der Waals surface area (Å²) in [5, 5.41) is 28.7. The van der Waals surface area contributed by atoms with Gasteiger partial charge in [-0.15, -0.1) is 5.10 Å². The molecule has 14 heteroatoms. The molecule has 0 fully saturated rings. The van der Waals surface area contributed by atoms with Gasteiger partial charge < -0.3 is 31.1 Å². The van der Waals surface area contributed by atoms with Crippen LogP contribution in [0.1, 0.15) is 35.0 Å². The maximum Gasteiger partial charge on any atom is 0.255 e. The Morgan fingerprint density at radius 1 is 1.07 bits per heavy atom. The first-order valence-electron chi connectivity index (χ1n) is 13.4. The number of amides is 4. The molecular formula is C28H32FN7O6. The Hall–Kier alpha value is -4.85. The lowest BCUT2D eigenvalue weighted by molar-refractivity contribution is -0.134. The Morgan fingerprint density at radius 2 is 1.86 bits per heavy atom. The van der Waals surface area contributed by atoms with Crippen LogP contribution in [0.15, 0.2) is 54.7 Å². The van der Waals surface area contributed by atoms with Crippen molar-refractivity contribution in [3.63, 3.8) is 0 Å². The molecule has 5 N–H and O–H groups in total. The molecule has 2 aromatic carbocycles. The van der Waals surface area contributed by atoms with E-state index in [1.807, 2.05) is 18.2 Å². The van der Waals surface area contributed by atoms with Crippen LogP contribution in [0, 0.1) is 5.82 Å². The lowest BCUT2D eigenvalue weighted by Crippen LogP contribution is -2.57. The topological polar surface area (TPSA) is 177 Å². The summed E-state index contributed by atoms with van der Waals surface area (Å²) in [6.45, 7) is 1.52. The van der Waals surface area contributed by atoms with E-state index < -0.39 is 47.6 Å². The SMILES string of the molecule is C[C@@H](O)[C@@H]1NC(=O)CCNC(=O)c2cc(F)ccc2OCCn2cc(nn2)CNC(=O)[C@@H](Cc2ccccc2)NC1=O. The van der Waals surface area contributed by atoms with Gasteiger partial charge in [0.15, 0.2) is 0 Å². The fourth-order valence-corrected chi connectivity index (χ4v) is 4.24. The number of nitrogens with zero attached hydrogens (tertiary/aromatic N) is 3. The van der Waals surface area contributed by atoms with Crippen molar-refractivity contribution in [2.24, 2.45) is 0 Å². The molecule has 13 nitrogen and oxygen atoms in total. The quantitative estimate of drug-likeness (QED) is 0.283. The number of carbonyl (C=O) groups is 4. The van der Waals surface area contributed by atoms with E-state index in [1.165, 1.54) is 17.7 Å². The Balaban J connectivity index is 1.56. The largest absolute Gasteiger partial charge is 0.491 e. The number of ether oxygens (including phenoxy) is 1. The van der Waals surface area contributed by atoms with Crippen molar-refractivity contribution in [3.05, 3.63) is 77.4 Å². The van der Waals surface area contributed by atoms with Crippen molar-refractivity contribution < 1.29 is 33.4 Å². The second kappa shape index (κ2) is 14.2. The van der Waals surface area contributed by atoms with Crippen LogP contribution in [0.3, 0.4) is 0 Å². The molecule has 0 aliphatic carbocycles. The van der Waals surface area contributed by atoms with Crippen molar-refractivity contribution in [3.8, 4) is 5.75 Å². The summed E-state index contributed by atoms with van der Waals surface area (Å²) < 4.78 is 21.1. The Labute approximate surface area is 240 Å². The molecule has 3 aromatic rings. The number of hydrogen-bond donors (Lipinski definition) is 5. The van der Waals surface area contributed by atoms with Gasteiger partial charge in [0.1, 0.15) is 36.0 Å². The lowest BCUT2D eigenvalue weighted by atomic mass is 10.0. The summed E-state index contributed by atoms with van der Waals surface area (Å²) in [5.41, 5.74) is 1.16. The number of nitrogens with one attached hydrogen (secondary N) is 4. The van der Waals surface area contributed by atoms with Crippen LogP contribution in [-0.2, 0) is 33.9 Å². The minimum absolute atomic E-state index is 0.0136. The van der Waals surface area contributed by atoms with Crippen LogP contribution in [0.5, 0.6) is 5.75 Å². The third kappa shape index (κ3) is 8.33. The third-order valence-corrected chi connectivity index (χ3v) is 6.43. The molecule has 1 aliphatic heterocycles. The number of aliphatic hydroxyl groups excluding tert-OH is 1. The van der Waals surface area contributed by atoms with Gasteiger partial charge in [0.2, 0.25) is 17.7 Å². The zero-order valence-electron chi connectivity index (χ0n) is 22.9. The van der Waals surface area contributed by atoms with Crippen LogP contribution >= 0.6 is 0 Å². The van der Waals surface area contributed by atoms with E-state index in [2.05, 4.69) is 31.6 Å². The predicted molar refractivity (Wildman–Crippen MR) is 146 cm³/mol. The van der Waals surface area contributed by atoms with Gasteiger partial charge in [0.05, 0.1) is 31.0 Å². The molecule has 0 saturated heterocycles. The van der Waals surface area contributed by atoms with Gasteiger partial charge in [-0.1, -0.05) is 35.5 Å². The van der Waals surface area contributed by atoms with E-state index in [0.717, 1.165) is 17.7 Å². The molecular weight excluding hydrogens is 549 g/mol.